The number of phenols is 1. The maximum atomic E-state index is 9.42. The summed E-state index contributed by atoms with van der Waals surface area (Å²) in [6, 6.07) is 11.5. The predicted octanol–water partition coefficient (Wildman–Crippen LogP) is 3.73. The molecule has 0 aromatic heterocycles. The van der Waals surface area contributed by atoms with E-state index in [-0.39, 0.29) is 11.8 Å². The molecule has 0 radical (unpaired) electrons. The average Bonchev–Trinajstić information content (AvgIpc) is 2.76. The van der Waals surface area contributed by atoms with Gasteiger partial charge in [-0.25, -0.2) is 0 Å². The standard InChI is InChI=1S/C15H15ClN2O/c16-13-8-11(3-6-15(13)19)18-14-5-1-9-7-10(17)2-4-12(9)14/h2-4,6-8,14,18-19H,1,5,17H2. The summed E-state index contributed by atoms with van der Waals surface area (Å²) < 4.78 is 0. The van der Waals surface area contributed by atoms with Crippen molar-refractivity contribution in [2.75, 3.05) is 11.1 Å². The molecule has 1 aliphatic carbocycles. The first kappa shape index (κ1) is 12.2. The lowest BCUT2D eigenvalue weighted by Crippen LogP contribution is -2.07. The van der Waals surface area contributed by atoms with Gasteiger partial charge in [-0.15, -0.1) is 0 Å². The molecule has 0 bridgehead atoms. The molecule has 1 unspecified atom stereocenters. The second kappa shape index (κ2) is 4.67. The molecule has 1 atom stereocenters. The second-order valence-electron chi connectivity index (χ2n) is 4.86. The molecule has 0 amide bonds. The monoisotopic (exact) mass is 274 g/mol. The average molecular weight is 275 g/mol. The maximum absolute atomic E-state index is 9.42. The smallest absolute Gasteiger partial charge is 0.134 e. The molecule has 2 aromatic rings. The van der Waals surface area contributed by atoms with E-state index in [0.717, 1.165) is 24.2 Å². The molecule has 0 saturated heterocycles. The van der Waals surface area contributed by atoms with E-state index in [4.69, 9.17) is 17.3 Å². The number of hydrogen-bond acceptors (Lipinski definition) is 3. The lowest BCUT2D eigenvalue weighted by atomic mass is 10.1. The highest BCUT2D eigenvalue weighted by Crippen LogP contribution is 2.36. The van der Waals surface area contributed by atoms with Crippen molar-refractivity contribution in [2.24, 2.45) is 0 Å². The zero-order valence-corrected chi connectivity index (χ0v) is 11.1. The van der Waals surface area contributed by atoms with Gasteiger partial charge in [-0.05, 0) is 54.3 Å². The number of aryl methyl sites for hydroxylation is 1. The molecule has 1 aliphatic rings. The molecule has 3 rings (SSSR count). The van der Waals surface area contributed by atoms with E-state index >= 15 is 0 Å². The first-order valence-electron chi connectivity index (χ1n) is 6.27. The van der Waals surface area contributed by atoms with Gasteiger partial charge in [0, 0.05) is 11.4 Å². The van der Waals surface area contributed by atoms with Gasteiger partial charge in [-0.2, -0.15) is 0 Å². The number of hydrogen-bond donors (Lipinski definition) is 3. The number of fused-ring (bicyclic) bond motifs is 1. The van der Waals surface area contributed by atoms with Crippen LogP contribution in [0.1, 0.15) is 23.6 Å². The highest BCUT2D eigenvalue weighted by atomic mass is 35.5. The van der Waals surface area contributed by atoms with Gasteiger partial charge in [0.2, 0.25) is 0 Å². The number of halogens is 1. The Morgan fingerprint density at radius 1 is 1.21 bits per heavy atom. The summed E-state index contributed by atoms with van der Waals surface area (Å²) in [7, 11) is 0. The molecular weight excluding hydrogens is 260 g/mol. The van der Waals surface area contributed by atoms with Crippen LogP contribution in [-0.2, 0) is 6.42 Å². The second-order valence-corrected chi connectivity index (χ2v) is 5.27. The topological polar surface area (TPSA) is 58.3 Å². The lowest BCUT2D eigenvalue weighted by Gasteiger charge is -2.16. The zero-order valence-electron chi connectivity index (χ0n) is 10.4. The van der Waals surface area contributed by atoms with Crippen LogP contribution in [0.2, 0.25) is 5.02 Å². The SMILES string of the molecule is Nc1ccc2c(c1)CCC2Nc1ccc(O)c(Cl)c1. The minimum absolute atomic E-state index is 0.104. The fourth-order valence-electron chi connectivity index (χ4n) is 2.59. The molecule has 4 N–H and O–H groups in total. The number of anilines is 2. The van der Waals surface area contributed by atoms with Crippen molar-refractivity contribution in [3.8, 4) is 5.75 Å². The molecule has 3 nitrogen and oxygen atoms in total. The summed E-state index contributed by atoms with van der Waals surface area (Å²) in [5.41, 5.74) is 10.1. The Morgan fingerprint density at radius 3 is 2.84 bits per heavy atom. The van der Waals surface area contributed by atoms with Crippen LogP contribution in [0.25, 0.3) is 0 Å². The van der Waals surface area contributed by atoms with Crippen LogP contribution >= 0.6 is 11.6 Å². The normalized spacial score (nSPS) is 17.2. The van der Waals surface area contributed by atoms with E-state index in [0.29, 0.717) is 5.02 Å². The van der Waals surface area contributed by atoms with Crippen molar-refractivity contribution in [1.29, 1.82) is 0 Å². The van der Waals surface area contributed by atoms with Crippen LogP contribution in [-0.4, -0.2) is 5.11 Å². The minimum atomic E-state index is 0.104. The quantitative estimate of drug-likeness (QED) is 0.578. The molecule has 0 fully saturated rings. The Morgan fingerprint density at radius 2 is 2.05 bits per heavy atom. The molecule has 0 heterocycles. The largest absolute Gasteiger partial charge is 0.506 e. The number of nitrogens with two attached hydrogens (primary N) is 1. The minimum Gasteiger partial charge on any atom is -0.506 e. The number of benzene rings is 2. The Bertz CT molecular complexity index is 628. The fraction of sp³-hybridized carbons (Fsp3) is 0.200. The summed E-state index contributed by atoms with van der Waals surface area (Å²) in [5.74, 6) is 0.104. The number of phenolic OH excluding ortho intramolecular Hbond substituents is 1. The van der Waals surface area contributed by atoms with Gasteiger partial charge in [0.25, 0.3) is 0 Å². The predicted molar refractivity (Wildman–Crippen MR) is 78.7 cm³/mol. The Labute approximate surface area is 117 Å². The fourth-order valence-corrected chi connectivity index (χ4v) is 2.77. The number of nitrogens with one attached hydrogen (secondary N) is 1. The highest BCUT2D eigenvalue weighted by molar-refractivity contribution is 6.32. The van der Waals surface area contributed by atoms with Crippen molar-refractivity contribution >= 4 is 23.0 Å². The third-order valence-electron chi connectivity index (χ3n) is 3.53. The summed E-state index contributed by atoms with van der Waals surface area (Å²) >= 11 is 5.91. The van der Waals surface area contributed by atoms with Crippen LogP contribution in [0, 0.1) is 0 Å². The van der Waals surface area contributed by atoms with Gasteiger partial charge in [-0.3, -0.25) is 0 Å². The van der Waals surface area contributed by atoms with Crippen molar-refractivity contribution in [2.45, 2.75) is 18.9 Å². The van der Waals surface area contributed by atoms with Crippen LogP contribution < -0.4 is 11.1 Å². The van der Waals surface area contributed by atoms with Crippen molar-refractivity contribution in [3.63, 3.8) is 0 Å². The Kier molecular flexibility index (Phi) is 2.99. The molecule has 0 saturated carbocycles. The molecule has 19 heavy (non-hydrogen) atoms. The third-order valence-corrected chi connectivity index (χ3v) is 3.84. The first-order chi connectivity index (χ1) is 9.13. The van der Waals surface area contributed by atoms with Crippen molar-refractivity contribution in [3.05, 3.63) is 52.5 Å². The summed E-state index contributed by atoms with van der Waals surface area (Å²) in [6.45, 7) is 0. The van der Waals surface area contributed by atoms with E-state index in [1.54, 1.807) is 12.1 Å². The van der Waals surface area contributed by atoms with E-state index in [1.807, 2.05) is 18.2 Å². The summed E-state index contributed by atoms with van der Waals surface area (Å²) in [4.78, 5) is 0. The number of nitrogen functional groups attached to an aromatic ring is 1. The third kappa shape index (κ3) is 2.34. The summed E-state index contributed by atoms with van der Waals surface area (Å²) in [5, 5.41) is 13.2. The van der Waals surface area contributed by atoms with E-state index in [9.17, 15) is 5.11 Å². The van der Waals surface area contributed by atoms with Gasteiger partial charge < -0.3 is 16.2 Å². The van der Waals surface area contributed by atoms with Crippen LogP contribution in [0.5, 0.6) is 5.75 Å². The van der Waals surface area contributed by atoms with Crippen molar-refractivity contribution < 1.29 is 5.11 Å². The van der Waals surface area contributed by atoms with Gasteiger partial charge in [0.15, 0.2) is 0 Å². The molecule has 2 aromatic carbocycles. The Hall–Kier alpha value is -1.87. The van der Waals surface area contributed by atoms with Crippen LogP contribution in [0.15, 0.2) is 36.4 Å². The van der Waals surface area contributed by atoms with E-state index in [2.05, 4.69) is 11.4 Å². The van der Waals surface area contributed by atoms with Crippen LogP contribution in [0.4, 0.5) is 11.4 Å². The first-order valence-corrected chi connectivity index (χ1v) is 6.64. The van der Waals surface area contributed by atoms with Gasteiger partial charge >= 0.3 is 0 Å². The summed E-state index contributed by atoms with van der Waals surface area (Å²) in [6.07, 6.45) is 2.07. The number of rotatable bonds is 2. The highest BCUT2D eigenvalue weighted by Gasteiger charge is 2.22. The molecule has 98 valence electrons. The molecule has 0 spiro atoms. The maximum Gasteiger partial charge on any atom is 0.134 e. The van der Waals surface area contributed by atoms with Crippen molar-refractivity contribution in [1.82, 2.24) is 0 Å². The van der Waals surface area contributed by atoms with Gasteiger partial charge in [-0.1, -0.05) is 17.7 Å². The lowest BCUT2D eigenvalue weighted by molar-refractivity contribution is 0.475. The van der Waals surface area contributed by atoms with Crippen LogP contribution in [0.3, 0.4) is 0 Å². The molecular formula is C15H15ClN2O. The molecule has 0 aliphatic heterocycles. The zero-order chi connectivity index (χ0) is 13.4. The van der Waals surface area contributed by atoms with E-state index < -0.39 is 0 Å². The number of aromatic hydroxyl groups is 1. The molecule has 4 heteroatoms. The van der Waals surface area contributed by atoms with Gasteiger partial charge in [0.1, 0.15) is 5.75 Å². The van der Waals surface area contributed by atoms with E-state index in [1.165, 1.54) is 11.1 Å². The Balaban J connectivity index is 1.84. The van der Waals surface area contributed by atoms with Gasteiger partial charge in [0.05, 0.1) is 11.1 Å².